The molecule has 0 aliphatic carbocycles. The van der Waals surface area contributed by atoms with Gasteiger partial charge >= 0.3 is 0 Å². The second kappa shape index (κ2) is 9.26. The van der Waals surface area contributed by atoms with Crippen LogP contribution in [0.25, 0.3) is 0 Å². The van der Waals surface area contributed by atoms with E-state index in [1.165, 1.54) is 0 Å². The average molecular weight is 380 g/mol. The van der Waals surface area contributed by atoms with Gasteiger partial charge in [0.15, 0.2) is 0 Å². The number of rotatable bonds is 5. The SMILES string of the molecule is O=C(NC1CCOCC1)c1ccc([C@H]2CCCN(Cc3ccccn3)C2)nc1. The third-order valence-corrected chi connectivity index (χ3v) is 5.64. The molecule has 4 heterocycles. The van der Waals surface area contributed by atoms with E-state index in [2.05, 4.69) is 26.3 Å². The molecule has 2 aromatic rings. The van der Waals surface area contributed by atoms with Crippen molar-refractivity contribution in [3.63, 3.8) is 0 Å². The molecule has 1 amide bonds. The van der Waals surface area contributed by atoms with Gasteiger partial charge in [-0.05, 0) is 56.5 Å². The molecular formula is C22H28N4O2. The fourth-order valence-corrected chi connectivity index (χ4v) is 4.05. The summed E-state index contributed by atoms with van der Waals surface area (Å²) in [5.41, 5.74) is 2.82. The molecule has 0 aromatic carbocycles. The summed E-state index contributed by atoms with van der Waals surface area (Å²) in [6.45, 7) is 4.40. The fourth-order valence-electron chi connectivity index (χ4n) is 4.05. The Kier molecular flexibility index (Phi) is 6.29. The molecule has 28 heavy (non-hydrogen) atoms. The van der Waals surface area contributed by atoms with E-state index in [-0.39, 0.29) is 11.9 Å². The van der Waals surface area contributed by atoms with Gasteiger partial charge in [-0.3, -0.25) is 19.7 Å². The lowest BCUT2D eigenvalue weighted by molar-refractivity contribution is 0.0696. The highest BCUT2D eigenvalue weighted by atomic mass is 16.5. The minimum Gasteiger partial charge on any atom is -0.381 e. The van der Waals surface area contributed by atoms with Crippen molar-refractivity contribution in [1.29, 1.82) is 0 Å². The Morgan fingerprint density at radius 3 is 2.79 bits per heavy atom. The lowest BCUT2D eigenvalue weighted by Crippen LogP contribution is -2.39. The number of nitrogens with one attached hydrogen (secondary N) is 1. The minimum absolute atomic E-state index is 0.0358. The number of likely N-dealkylation sites (tertiary alicyclic amines) is 1. The summed E-state index contributed by atoms with van der Waals surface area (Å²) in [4.78, 5) is 24.0. The van der Waals surface area contributed by atoms with Crippen LogP contribution >= 0.6 is 0 Å². The third kappa shape index (κ3) is 4.94. The first kappa shape index (κ1) is 19.0. The van der Waals surface area contributed by atoms with E-state index < -0.39 is 0 Å². The predicted octanol–water partition coefficient (Wildman–Crippen LogP) is 2.77. The van der Waals surface area contributed by atoms with Crippen LogP contribution in [-0.2, 0) is 11.3 Å². The summed E-state index contributed by atoms with van der Waals surface area (Å²) in [5, 5.41) is 3.09. The van der Waals surface area contributed by atoms with Gasteiger partial charge in [-0.25, -0.2) is 0 Å². The number of piperidine rings is 1. The summed E-state index contributed by atoms with van der Waals surface area (Å²) in [5.74, 6) is 0.372. The Balaban J connectivity index is 1.34. The Labute approximate surface area is 166 Å². The molecule has 2 fully saturated rings. The maximum Gasteiger partial charge on any atom is 0.253 e. The molecule has 2 aliphatic rings. The van der Waals surface area contributed by atoms with Crippen molar-refractivity contribution in [2.45, 2.75) is 44.2 Å². The van der Waals surface area contributed by atoms with Crippen molar-refractivity contribution in [1.82, 2.24) is 20.2 Å². The number of hydrogen-bond acceptors (Lipinski definition) is 5. The fraction of sp³-hybridized carbons (Fsp3) is 0.500. The Morgan fingerprint density at radius 1 is 1.14 bits per heavy atom. The number of aromatic nitrogens is 2. The van der Waals surface area contributed by atoms with Crippen molar-refractivity contribution >= 4 is 5.91 Å². The molecule has 1 N–H and O–H groups in total. The Hall–Kier alpha value is -2.31. The lowest BCUT2D eigenvalue weighted by Gasteiger charge is -2.32. The normalized spacial score (nSPS) is 21.4. The zero-order valence-corrected chi connectivity index (χ0v) is 16.2. The second-order valence-electron chi connectivity index (χ2n) is 7.73. The first-order valence-corrected chi connectivity index (χ1v) is 10.2. The molecule has 2 aliphatic heterocycles. The Morgan fingerprint density at radius 2 is 2.04 bits per heavy atom. The van der Waals surface area contributed by atoms with Crippen molar-refractivity contribution < 1.29 is 9.53 Å². The number of amides is 1. The molecule has 4 rings (SSSR count). The van der Waals surface area contributed by atoms with Crippen LogP contribution in [0.5, 0.6) is 0 Å². The predicted molar refractivity (Wildman–Crippen MR) is 107 cm³/mol. The lowest BCUT2D eigenvalue weighted by atomic mass is 9.94. The van der Waals surface area contributed by atoms with E-state index in [0.29, 0.717) is 11.5 Å². The quantitative estimate of drug-likeness (QED) is 0.864. The topological polar surface area (TPSA) is 67.3 Å². The van der Waals surface area contributed by atoms with Gasteiger partial charge in [0.25, 0.3) is 5.91 Å². The number of nitrogens with zero attached hydrogens (tertiary/aromatic N) is 3. The highest BCUT2D eigenvalue weighted by Crippen LogP contribution is 2.26. The van der Waals surface area contributed by atoms with Crippen molar-refractivity contribution in [3.05, 3.63) is 59.7 Å². The van der Waals surface area contributed by atoms with Crippen LogP contribution in [0.1, 0.15) is 53.3 Å². The molecule has 0 saturated carbocycles. The minimum atomic E-state index is -0.0358. The van der Waals surface area contributed by atoms with Gasteiger partial charge in [-0.15, -0.1) is 0 Å². The van der Waals surface area contributed by atoms with Crippen molar-refractivity contribution in [3.8, 4) is 0 Å². The smallest absolute Gasteiger partial charge is 0.253 e. The summed E-state index contributed by atoms with van der Waals surface area (Å²) in [7, 11) is 0. The van der Waals surface area contributed by atoms with Gasteiger partial charge in [0.05, 0.1) is 11.3 Å². The molecule has 0 spiro atoms. The van der Waals surface area contributed by atoms with Crippen LogP contribution in [0.15, 0.2) is 42.7 Å². The van der Waals surface area contributed by atoms with Crippen LogP contribution in [-0.4, -0.2) is 53.1 Å². The molecule has 2 saturated heterocycles. The van der Waals surface area contributed by atoms with Gasteiger partial charge in [0.1, 0.15) is 0 Å². The first-order valence-electron chi connectivity index (χ1n) is 10.2. The van der Waals surface area contributed by atoms with E-state index in [1.54, 1.807) is 6.20 Å². The molecule has 148 valence electrons. The van der Waals surface area contributed by atoms with Crippen LogP contribution in [0.4, 0.5) is 0 Å². The van der Waals surface area contributed by atoms with E-state index >= 15 is 0 Å². The molecule has 6 nitrogen and oxygen atoms in total. The average Bonchev–Trinajstić information content (AvgIpc) is 2.75. The maximum atomic E-state index is 12.4. The van der Waals surface area contributed by atoms with Crippen LogP contribution in [0.2, 0.25) is 0 Å². The molecule has 1 atom stereocenters. The van der Waals surface area contributed by atoms with Gasteiger partial charge in [-0.1, -0.05) is 6.07 Å². The second-order valence-corrected chi connectivity index (χ2v) is 7.73. The maximum absolute atomic E-state index is 12.4. The van der Waals surface area contributed by atoms with E-state index in [0.717, 1.165) is 69.9 Å². The largest absolute Gasteiger partial charge is 0.381 e. The summed E-state index contributed by atoms with van der Waals surface area (Å²) >= 11 is 0. The number of ether oxygens (including phenoxy) is 1. The van der Waals surface area contributed by atoms with Gasteiger partial charge < -0.3 is 10.1 Å². The first-order chi connectivity index (χ1) is 13.8. The summed E-state index contributed by atoms with van der Waals surface area (Å²) in [6, 6.07) is 10.2. The number of carbonyl (C=O) groups excluding carboxylic acids is 1. The summed E-state index contributed by atoms with van der Waals surface area (Å²) < 4.78 is 5.34. The standard InChI is InChI=1S/C22H28N4O2/c27-22(25-19-8-12-28-13-9-19)17-6-7-21(24-14-17)18-4-3-11-26(15-18)16-20-5-1-2-10-23-20/h1-2,5-7,10,14,18-19H,3-4,8-9,11-13,15-16H2,(H,25,27)/t18-/m0/s1. The zero-order chi connectivity index (χ0) is 19.2. The highest BCUT2D eigenvalue weighted by molar-refractivity contribution is 5.94. The molecule has 2 aromatic heterocycles. The Bertz CT molecular complexity index is 760. The van der Waals surface area contributed by atoms with Crippen molar-refractivity contribution in [2.75, 3.05) is 26.3 Å². The highest BCUT2D eigenvalue weighted by Gasteiger charge is 2.23. The van der Waals surface area contributed by atoms with Crippen LogP contribution in [0.3, 0.4) is 0 Å². The number of carbonyl (C=O) groups is 1. The van der Waals surface area contributed by atoms with Gasteiger partial charge in [0, 0.05) is 56.4 Å². The molecule has 6 heteroatoms. The van der Waals surface area contributed by atoms with E-state index in [9.17, 15) is 4.79 Å². The number of hydrogen-bond donors (Lipinski definition) is 1. The van der Waals surface area contributed by atoms with Gasteiger partial charge in [0.2, 0.25) is 0 Å². The molecule has 0 bridgehead atoms. The summed E-state index contributed by atoms with van der Waals surface area (Å²) in [6.07, 6.45) is 7.63. The monoisotopic (exact) mass is 380 g/mol. The molecule has 0 unspecified atom stereocenters. The van der Waals surface area contributed by atoms with Crippen LogP contribution < -0.4 is 5.32 Å². The molecular weight excluding hydrogens is 352 g/mol. The van der Waals surface area contributed by atoms with Crippen LogP contribution in [0, 0.1) is 0 Å². The van der Waals surface area contributed by atoms with Gasteiger partial charge in [-0.2, -0.15) is 0 Å². The number of pyridine rings is 2. The zero-order valence-electron chi connectivity index (χ0n) is 16.2. The van der Waals surface area contributed by atoms with Crippen molar-refractivity contribution in [2.24, 2.45) is 0 Å². The van der Waals surface area contributed by atoms with E-state index in [1.807, 2.05) is 30.5 Å². The third-order valence-electron chi connectivity index (χ3n) is 5.64. The van der Waals surface area contributed by atoms with E-state index in [4.69, 9.17) is 4.74 Å². The molecule has 0 radical (unpaired) electrons.